The van der Waals surface area contributed by atoms with E-state index in [9.17, 15) is 34.2 Å². The SMILES string of the molecule is CC(C)=O.COC1C(=O)C2(C)C(OC)CC3OCC3(OC(C)=O)C2C(OC(=O)c2ccccc2)C2(O)CC(OC(=O)C(O)C(NC(=O)OC(C)(C)C)c3ccccc3)C(C)=C1C2(C)C. The van der Waals surface area contributed by atoms with Gasteiger partial charge < -0.3 is 53.5 Å². The van der Waals surface area contributed by atoms with Gasteiger partial charge in [-0.25, -0.2) is 14.4 Å². The van der Waals surface area contributed by atoms with Crippen LogP contribution in [0.3, 0.4) is 0 Å². The minimum absolute atomic E-state index is 0.121. The molecule has 2 aromatic rings. The molecule has 3 N–H and O–H groups in total. The van der Waals surface area contributed by atoms with Gasteiger partial charge in [0.2, 0.25) is 0 Å². The Labute approximate surface area is 374 Å². The highest BCUT2D eigenvalue weighted by Gasteiger charge is 2.78. The minimum Gasteiger partial charge on any atom is -0.456 e. The van der Waals surface area contributed by atoms with E-state index in [0.29, 0.717) is 11.1 Å². The van der Waals surface area contributed by atoms with Gasteiger partial charge in [0, 0.05) is 39.4 Å². The summed E-state index contributed by atoms with van der Waals surface area (Å²) in [4.78, 5) is 79.5. The molecule has 4 aliphatic rings. The lowest BCUT2D eigenvalue weighted by molar-refractivity contribution is -0.347. The van der Waals surface area contributed by atoms with Crippen LogP contribution in [0.2, 0.25) is 0 Å². The molecule has 11 unspecified atom stereocenters. The van der Waals surface area contributed by atoms with Crippen LogP contribution in [0.5, 0.6) is 0 Å². The summed E-state index contributed by atoms with van der Waals surface area (Å²) in [5.41, 5.74) is -6.72. The van der Waals surface area contributed by atoms with Crippen molar-refractivity contribution in [3.63, 3.8) is 0 Å². The molecule has 6 rings (SSSR count). The molecule has 16 nitrogen and oxygen atoms in total. The first kappa shape index (κ1) is 50.0. The van der Waals surface area contributed by atoms with Crippen molar-refractivity contribution in [2.75, 3.05) is 20.8 Å². The predicted octanol–water partition coefficient (Wildman–Crippen LogP) is 5.16. The molecule has 3 fully saturated rings. The summed E-state index contributed by atoms with van der Waals surface area (Å²) >= 11 is 0. The fourth-order valence-corrected chi connectivity index (χ4v) is 10.1. The highest BCUT2D eigenvalue weighted by Crippen LogP contribution is 2.64. The number of carbonyl (C=O) groups is 6. The van der Waals surface area contributed by atoms with Gasteiger partial charge in [0.25, 0.3) is 0 Å². The number of hydrogen-bond donors (Lipinski definition) is 3. The average molecular weight is 894 g/mol. The number of methoxy groups -OCH3 is 2. The zero-order valence-electron chi connectivity index (χ0n) is 38.7. The monoisotopic (exact) mass is 893 g/mol. The molecule has 64 heavy (non-hydrogen) atoms. The molecule has 16 heteroatoms. The van der Waals surface area contributed by atoms with Gasteiger partial charge in [0.1, 0.15) is 41.4 Å². The molecular weight excluding hydrogens is 831 g/mol. The molecule has 0 aromatic heterocycles. The summed E-state index contributed by atoms with van der Waals surface area (Å²) in [5.74, 6) is -4.36. The Morgan fingerprint density at radius 1 is 0.891 bits per heavy atom. The maximum absolute atomic E-state index is 15.5. The average Bonchev–Trinajstić information content (AvgIpc) is 3.21. The minimum atomic E-state index is -2.22. The Balaban J connectivity index is 0.00000185. The summed E-state index contributed by atoms with van der Waals surface area (Å²) < 4.78 is 42.4. The molecule has 0 radical (unpaired) electrons. The van der Waals surface area contributed by atoms with Crippen LogP contribution in [0.4, 0.5) is 4.79 Å². The molecule has 350 valence electrons. The number of rotatable bonds is 10. The van der Waals surface area contributed by atoms with Crippen molar-refractivity contribution in [3.8, 4) is 0 Å². The smallest absolute Gasteiger partial charge is 0.408 e. The standard InChI is InChI=1S/C45H57NO14.C3H6O/c1-24-28(57-39(51)33(48)32(26-17-13-11-14-18-26)46-40(52)60-41(3,4)5)22-45(53)37(58-38(50)27-19-15-12-16-20-27)35-43(8,36(49)34(55-10)31(24)42(45,6)7)29(54-9)21-30-44(35,23-56-30)59-25(2)47;1-3(2)4/h11-20,28-30,32-35,37,48,53H,21-23H2,1-10H3,(H,46,52);1-2H3. The number of fused-ring (bicyclic) bond motifs is 5. The Morgan fingerprint density at radius 2 is 1.47 bits per heavy atom. The number of aliphatic hydroxyl groups is 2. The van der Waals surface area contributed by atoms with Gasteiger partial charge in [-0.05, 0) is 77.3 Å². The number of alkyl carbamates (subject to hydrolysis) is 1. The fourth-order valence-electron chi connectivity index (χ4n) is 10.1. The molecule has 1 aliphatic heterocycles. The van der Waals surface area contributed by atoms with Crippen molar-refractivity contribution in [1.82, 2.24) is 5.32 Å². The number of carbonyl (C=O) groups excluding carboxylic acids is 6. The predicted molar refractivity (Wildman–Crippen MR) is 230 cm³/mol. The molecular formula is C48H63NO15. The first-order valence-electron chi connectivity index (χ1n) is 21.3. The lowest BCUT2D eigenvalue weighted by atomic mass is 9.44. The molecule has 2 saturated carbocycles. The Kier molecular flexibility index (Phi) is 14.7. The van der Waals surface area contributed by atoms with Crippen LogP contribution in [0.1, 0.15) is 104 Å². The number of hydrogen-bond acceptors (Lipinski definition) is 15. The number of esters is 3. The van der Waals surface area contributed by atoms with Crippen molar-refractivity contribution in [2.45, 2.75) is 142 Å². The van der Waals surface area contributed by atoms with E-state index in [4.69, 9.17) is 33.2 Å². The third-order valence-corrected chi connectivity index (χ3v) is 13.0. The second kappa shape index (κ2) is 18.8. The lowest BCUT2D eigenvalue weighted by Gasteiger charge is -2.67. The zero-order chi connectivity index (χ0) is 47.7. The molecule has 0 spiro atoms. The van der Waals surface area contributed by atoms with Crippen molar-refractivity contribution < 1.29 is 72.1 Å². The van der Waals surface area contributed by atoms with E-state index in [1.807, 2.05) is 0 Å². The second-order valence-corrected chi connectivity index (χ2v) is 18.9. The van der Waals surface area contributed by atoms with Gasteiger partial charge in [0.05, 0.1) is 35.6 Å². The van der Waals surface area contributed by atoms with E-state index in [1.165, 1.54) is 35.0 Å². The second-order valence-electron chi connectivity index (χ2n) is 18.9. The number of ketones is 2. The summed E-state index contributed by atoms with van der Waals surface area (Å²) in [5, 5.41) is 28.0. The van der Waals surface area contributed by atoms with Gasteiger partial charge in [-0.15, -0.1) is 0 Å². The number of Topliss-reactive ketones (excluding diaryl/α,β-unsaturated/α-hetero) is 2. The van der Waals surface area contributed by atoms with Gasteiger partial charge in [-0.2, -0.15) is 0 Å². The number of ether oxygens (including phenoxy) is 7. The molecule has 3 aliphatic carbocycles. The van der Waals surface area contributed by atoms with Crippen LogP contribution in [0.15, 0.2) is 71.8 Å². The maximum atomic E-state index is 15.5. The van der Waals surface area contributed by atoms with Crippen LogP contribution in [-0.2, 0) is 52.3 Å². The largest absolute Gasteiger partial charge is 0.456 e. The van der Waals surface area contributed by atoms with Gasteiger partial charge >= 0.3 is 24.0 Å². The van der Waals surface area contributed by atoms with E-state index in [2.05, 4.69) is 5.32 Å². The first-order chi connectivity index (χ1) is 29.8. The molecule has 1 saturated heterocycles. The lowest BCUT2D eigenvalue weighted by Crippen LogP contribution is -2.82. The highest BCUT2D eigenvalue weighted by atomic mass is 16.6. The van der Waals surface area contributed by atoms with Crippen LogP contribution < -0.4 is 5.32 Å². The first-order valence-corrected chi connectivity index (χ1v) is 21.3. The van der Waals surface area contributed by atoms with Crippen molar-refractivity contribution in [3.05, 3.63) is 82.9 Å². The van der Waals surface area contributed by atoms with E-state index in [-0.39, 0.29) is 29.9 Å². The van der Waals surface area contributed by atoms with Gasteiger partial charge in [-0.1, -0.05) is 62.4 Å². The Hall–Kier alpha value is -5.00. The summed E-state index contributed by atoms with van der Waals surface area (Å²) in [6, 6.07) is 15.1. The number of benzene rings is 2. The van der Waals surface area contributed by atoms with Crippen LogP contribution in [0, 0.1) is 16.7 Å². The third-order valence-electron chi connectivity index (χ3n) is 13.0. The van der Waals surface area contributed by atoms with E-state index >= 15 is 4.79 Å². The fraction of sp³-hybridized carbons (Fsp3) is 0.583. The van der Waals surface area contributed by atoms with Crippen molar-refractivity contribution in [2.24, 2.45) is 16.7 Å². The number of amides is 1. The van der Waals surface area contributed by atoms with Crippen molar-refractivity contribution >= 4 is 35.6 Å². The zero-order valence-corrected chi connectivity index (χ0v) is 38.7. The van der Waals surface area contributed by atoms with Crippen LogP contribution in [-0.4, -0.2) is 120 Å². The molecule has 1 heterocycles. The number of nitrogens with one attached hydrogen (secondary N) is 1. The van der Waals surface area contributed by atoms with E-state index < -0.39 is 112 Å². The van der Waals surface area contributed by atoms with Gasteiger partial charge in [-0.3, -0.25) is 9.59 Å². The molecule has 2 aromatic carbocycles. The van der Waals surface area contributed by atoms with Gasteiger partial charge in [0.15, 0.2) is 17.5 Å². The normalized spacial score (nSPS) is 31.3. The molecule has 11 atom stereocenters. The van der Waals surface area contributed by atoms with Crippen LogP contribution >= 0.6 is 0 Å². The molecule has 1 amide bonds. The highest BCUT2D eigenvalue weighted by molar-refractivity contribution is 5.94. The summed E-state index contributed by atoms with van der Waals surface area (Å²) in [6.07, 6.45) is -9.31. The Morgan fingerprint density at radius 3 is 1.97 bits per heavy atom. The van der Waals surface area contributed by atoms with E-state index in [1.54, 1.807) is 109 Å². The Bertz CT molecular complexity index is 2110. The quantitative estimate of drug-likeness (QED) is 0.159. The summed E-state index contributed by atoms with van der Waals surface area (Å²) in [7, 11) is 2.78. The maximum Gasteiger partial charge on any atom is 0.408 e. The molecule has 2 bridgehead atoms. The van der Waals surface area contributed by atoms with Crippen molar-refractivity contribution in [1.29, 1.82) is 0 Å². The van der Waals surface area contributed by atoms with E-state index in [0.717, 1.165) is 0 Å². The topological polar surface area (TPSA) is 220 Å². The van der Waals surface area contributed by atoms with Crippen LogP contribution in [0.25, 0.3) is 0 Å². The third kappa shape index (κ3) is 9.25. The number of aliphatic hydroxyl groups excluding tert-OH is 1. The summed E-state index contributed by atoms with van der Waals surface area (Å²) in [6.45, 7) is 15.8.